The van der Waals surface area contributed by atoms with Gasteiger partial charge in [-0.05, 0) is 17.7 Å². The molecule has 0 radical (unpaired) electrons. The molecule has 0 aliphatic carbocycles. The molecule has 1 rings (SSSR count). The largest absolute Gasteiger partial charge is 0.468 e. The number of alkyl halides is 1. The third-order valence-electron chi connectivity index (χ3n) is 2.02. The standard InChI is InChI=1S/C10H12BrNO4S/c1-16-10(13)7-12-17(14,15)9-4-2-8(6-11)3-5-9/h2-5,12H,6-7H2,1H3. The van der Waals surface area contributed by atoms with Gasteiger partial charge in [-0.3, -0.25) is 4.79 Å². The highest BCUT2D eigenvalue weighted by Crippen LogP contribution is 2.12. The lowest BCUT2D eigenvalue weighted by Crippen LogP contribution is -2.30. The van der Waals surface area contributed by atoms with Crippen molar-refractivity contribution in [3.05, 3.63) is 29.8 Å². The van der Waals surface area contributed by atoms with Crippen LogP contribution in [0.3, 0.4) is 0 Å². The molecule has 1 aromatic carbocycles. The minimum absolute atomic E-state index is 0.117. The molecule has 0 saturated heterocycles. The number of nitrogens with one attached hydrogen (secondary N) is 1. The summed E-state index contributed by atoms with van der Waals surface area (Å²) in [5.74, 6) is -0.634. The number of benzene rings is 1. The molecule has 0 aliphatic heterocycles. The number of hydrogen-bond donors (Lipinski definition) is 1. The maximum absolute atomic E-state index is 11.7. The number of methoxy groups -OCH3 is 1. The van der Waals surface area contributed by atoms with Gasteiger partial charge >= 0.3 is 5.97 Å². The molecule has 0 fully saturated rings. The van der Waals surface area contributed by atoms with Crippen molar-refractivity contribution in [3.8, 4) is 0 Å². The molecule has 0 bridgehead atoms. The van der Waals surface area contributed by atoms with E-state index in [1.807, 2.05) is 0 Å². The van der Waals surface area contributed by atoms with Crippen molar-refractivity contribution in [2.75, 3.05) is 13.7 Å². The molecule has 0 atom stereocenters. The van der Waals surface area contributed by atoms with Crippen molar-refractivity contribution in [2.24, 2.45) is 0 Å². The Kier molecular flexibility index (Phi) is 5.10. The molecule has 0 spiro atoms. The van der Waals surface area contributed by atoms with Crippen LogP contribution < -0.4 is 4.72 Å². The van der Waals surface area contributed by atoms with Crippen LogP contribution in [0.4, 0.5) is 0 Å². The van der Waals surface area contributed by atoms with Gasteiger partial charge in [-0.2, -0.15) is 4.72 Å². The Morgan fingerprint density at radius 1 is 1.35 bits per heavy atom. The fourth-order valence-electron chi connectivity index (χ4n) is 1.07. The SMILES string of the molecule is COC(=O)CNS(=O)(=O)c1ccc(CBr)cc1. The maximum Gasteiger partial charge on any atom is 0.320 e. The summed E-state index contributed by atoms with van der Waals surface area (Å²) >= 11 is 3.27. The fraction of sp³-hybridized carbons (Fsp3) is 0.300. The van der Waals surface area contributed by atoms with Gasteiger partial charge in [-0.15, -0.1) is 0 Å². The van der Waals surface area contributed by atoms with Crippen LogP contribution >= 0.6 is 15.9 Å². The van der Waals surface area contributed by atoms with Gasteiger partial charge in [-0.1, -0.05) is 28.1 Å². The average molecular weight is 322 g/mol. The highest BCUT2D eigenvalue weighted by molar-refractivity contribution is 9.08. The van der Waals surface area contributed by atoms with Gasteiger partial charge in [-0.25, -0.2) is 8.42 Å². The second-order valence-corrected chi connectivity index (χ2v) is 5.51. The summed E-state index contributed by atoms with van der Waals surface area (Å²) < 4.78 is 29.9. The highest BCUT2D eigenvalue weighted by Gasteiger charge is 2.15. The Labute approximate surface area is 108 Å². The zero-order valence-corrected chi connectivity index (χ0v) is 11.5. The van der Waals surface area contributed by atoms with Crippen LogP contribution in [0, 0.1) is 0 Å². The van der Waals surface area contributed by atoms with E-state index < -0.39 is 16.0 Å². The minimum Gasteiger partial charge on any atom is -0.468 e. The van der Waals surface area contributed by atoms with Crippen LogP contribution in [-0.4, -0.2) is 28.0 Å². The smallest absolute Gasteiger partial charge is 0.320 e. The topological polar surface area (TPSA) is 72.5 Å². The van der Waals surface area contributed by atoms with E-state index in [1.54, 1.807) is 12.1 Å². The van der Waals surface area contributed by atoms with Gasteiger partial charge in [0, 0.05) is 5.33 Å². The monoisotopic (exact) mass is 321 g/mol. The molecule has 0 heterocycles. The molecule has 0 saturated carbocycles. The fourth-order valence-corrected chi connectivity index (χ4v) is 2.41. The number of rotatable bonds is 5. The van der Waals surface area contributed by atoms with E-state index in [-0.39, 0.29) is 11.4 Å². The molecule has 5 nitrogen and oxygen atoms in total. The van der Waals surface area contributed by atoms with Crippen molar-refractivity contribution >= 4 is 31.9 Å². The first kappa shape index (κ1) is 14.1. The Morgan fingerprint density at radius 2 is 1.94 bits per heavy atom. The Balaban J connectivity index is 2.78. The lowest BCUT2D eigenvalue weighted by molar-refractivity contribution is -0.139. The molecule has 0 unspecified atom stereocenters. The van der Waals surface area contributed by atoms with Crippen molar-refractivity contribution in [2.45, 2.75) is 10.2 Å². The van der Waals surface area contributed by atoms with Crippen LogP contribution in [-0.2, 0) is 24.9 Å². The van der Waals surface area contributed by atoms with E-state index in [9.17, 15) is 13.2 Å². The van der Waals surface area contributed by atoms with E-state index in [2.05, 4.69) is 25.4 Å². The summed E-state index contributed by atoms with van der Waals surface area (Å²) in [6, 6.07) is 6.36. The molecule has 0 aliphatic rings. The van der Waals surface area contributed by atoms with Crippen molar-refractivity contribution in [1.82, 2.24) is 4.72 Å². The second kappa shape index (κ2) is 6.13. The maximum atomic E-state index is 11.7. The van der Waals surface area contributed by atoms with Crippen molar-refractivity contribution < 1.29 is 17.9 Å². The molecule has 17 heavy (non-hydrogen) atoms. The van der Waals surface area contributed by atoms with Crippen LogP contribution in [0.2, 0.25) is 0 Å². The second-order valence-electron chi connectivity index (χ2n) is 3.18. The summed E-state index contributed by atoms with van der Waals surface area (Å²) in [6.45, 7) is -0.376. The van der Waals surface area contributed by atoms with E-state index in [4.69, 9.17) is 0 Å². The molecular weight excluding hydrogens is 310 g/mol. The molecule has 7 heteroatoms. The molecule has 0 aromatic heterocycles. The number of halogens is 1. The number of ether oxygens (including phenoxy) is 1. The normalized spacial score (nSPS) is 11.2. The predicted octanol–water partition coefficient (Wildman–Crippen LogP) is 1.03. The zero-order chi connectivity index (χ0) is 12.9. The van der Waals surface area contributed by atoms with Crippen molar-refractivity contribution in [1.29, 1.82) is 0 Å². The van der Waals surface area contributed by atoms with Crippen LogP contribution in [0.1, 0.15) is 5.56 Å². The Hall–Kier alpha value is -0.920. The number of sulfonamides is 1. The van der Waals surface area contributed by atoms with Crippen LogP contribution in [0.25, 0.3) is 0 Å². The third kappa shape index (κ3) is 4.10. The lowest BCUT2D eigenvalue weighted by atomic mass is 10.2. The predicted molar refractivity (Wildman–Crippen MR) is 66.3 cm³/mol. The van der Waals surface area contributed by atoms with E-state index in [0.29, 0.717) is 5.33 Å². The summed E-state index contributed by atoms with van der Waals surface area (Å²) in [5.41, 5.74) is 0.969. The number of carbonyl (C=O) groups excluding carboxylic acids is 1. The average Bonchev–Trinajstić information content (AvgIpc) is 2.36. The van der Waals surface area contributed by atoms with E-state index in [1.165, 1.54) is 19.2 Å². The lowest BCUT2D eigenvalue weighted by Gasteiger charge is -2.06. The number of carbonyl (C=O) groups is 1. The van der Waals surface area contributed by atoms with Gasteiger partial charge in [0.05, 0.1) is 12.0 Å². The van der Waals surface area contributed by atoms with Crippen LogP contribution in [0.5, 0.6) is 0 Å². The third-order valence-corrected chi connectivity index (χ3v) is 4.09. The zero-order valence-electron chi connectivity index (χ0n) is 9.14. The van der Waals surface area contributed by atoms with E-state index in [0.717, 1.165) is 5.56 Å². The Bertz CT molecular complexity index is 484. The van der Waals surface area contributed by atoms with Gasteiger partial charge in [0.15, 0.2) is 0 Å². The van der Waals surface area contributed by atoms with Crippen LogP contribution in [0.15, 0.2) is 29.2 Å². The molecule has 0 amide bonds. The Morgan fingerprint density at radius 3 is 2.41 bits per heavy atom. The molecular formula is C10H12BrNO4S. The minimum atomic E-state index is -3.66. The van der Waals surface area contributed by atoms with Gasteiger partial charge in [0.1, 0.15) is 6.54 Å². The van der Waals surface area contributed by atoms with Gasteiger partial charge < -0.3 is 4.74 Å². The first-order valence-corrected chi connectivity index (χ1v) is 7.31. The van der Waals surface area contributed by atoms with Gasteiger partial charge in [0.2, 0.25) is 10.0 Å². The summed E-state index contributed by atoms with van der Waals surface area (Å²) in [4.78, 5) is 11.0. The summed E-state index contributed by atoms with van der Waals surface area (Å²) in [7, 11) is -2.46. The number of hydrogen-bond acceptors (Lipinski definition) is 4. The van der Waals surface area contributed by atoms with E-state index >= 15 is 0 Å². The summed E-state index contributed by atoms with van der Waals surface area (Å²) in [5, 5.41) is 0.656. The van der Waals surface area contributed by atoms with Gasteiger partial charge in [0.25, 0.3) is 0 Å². The first-order valence-electron chi connectivity index (χ1n) is 4.71. The number of esters is 1. The molecule has 1 aromatic rings. The highest BCUT2D eigenvalue weighted by atomic mass is 79.9. The quantitative estimate of drug-likeness (QED) is 0.649. The molecule has 94 valence electrons. The molecule has 1 N–H and O–H groups in total. The van der Waals surface area contributed by atoms with Crippen molar-refractivity contribution in [3.63, 3.8) is 0 Å². The summed E-state index contributed by atoms with van der Waals surface area (Å²) in [6.07, 6.45) is 0. The first-order chi connectivity index (χ1) is 7.99.